The maximum atomic E-state index is 5.36. The maximum absolute atomic E-state index is 5.36. The van der Waals surface area contributed by atoms with Gasteiger partial charge in [0, 0.05) is 11.4 Å². The van der Waals surface area contributed by atoms with E-state index in [4.69, 9.17) is 9.47 Å². The molecule has 1 atom stereocenters. The Bertz CT molecular complexity index is 395. The predicted molar refractivity (Wildman–Crippen MR) is 72.4 cm³/mol. The molecular weight excluding hydrogens is 282 g/mol. The summed E-state index contributed by atoms with van der Waals surface area (Å²) < 4.78 is 10.7. The third-order valence-electron chi connectivity index (χ3n) is 3.20. The third-order valence-corrected chi connectivity index (χ3v) is 3.66. The Labute approximate surface area is 111 Å². The highest BCUT2D eigenvalue weighted by atomic mass is 79.9. The van der Waals surface area contributed by atoms with E-state index in [1.807, 2.05) is 0 Å². The molecule has 0 amide bonds. The van der Waals surface area contributed by atoms with E-state index >= 15 is 0 Å². The van der Waals surface area contributed by atoms with Crippen LogP contribution in [0.2, 0.25) is 0 Å². The monoisotopic (exact) mass is 299 g/mol. The zero-order chi connectivity index (χ0) is 12.3. The van der Waals surface area contributed by atoms with Gasteiger partial charge in [0.15, 0.2) is 11.5 Å². The smallest absolute Gasteiger partial charge is 0.161 e. The van der Waals surface area contributed by atoms with Crippen molar-refractivity contribution in [3.8, 4) is 11.5 Å². The highest BCUT2D eigenvalue weighted by Crippen LogP contribution is 2.36. The first kappa shape index (κ1) is 12.7. The van der Waals surface area contributed by atoms with Gasteiger partial charge in [0.1, 0.15) is 0 Å². The predicted octanol–water partition coefficient (Wildman–Crippen LogP) is 2.68. The summed E-state index contributed by atoms with van der Waals surface area (Å²) in [4.78, 5) is 0. The first-order valence-corrected chi connectivity index (χ1v) is 6.96. The largest absolute Gasteiger partial charge is 0.493 e. The van der Waals surface area contributed by atoms with E-state index in [9.17, 15) is 0 Å². The lowest BCUT2D eigenvalue weighted by atomic mass is 9.92. The van der Waals surface area contributed by atoms with Crippen LogP contribution in [0, 0.1) is 0 Å². The highest BCUT2D eigenvalue weighted by molar-refractivity contribution is 9.09. The summed E-state index contributed by atoms with van der Waals surface area (Å²) >= 11 is 3.50. The Morgan fingerprint density at radius 1 is 1.29 bits per heavy atom. The zero-order valence-electron chi connectivity index (χ0n) is 10.3. The number of ether oxygens (including phenoxy) is 2. The summed E-state index contributed by atoms with van der Waals surface area (Å²) in [6.45, 7) is 1.03. The molecule has 0 saturated carbocycles. The highest BCUT2D eigenvalue weighted by Gasteiger charge is 2.21. The topological polar surface area (TPSA) is 30.5 Å². The first-order valence-electron chi connectivity index (χ1n) is 5.84. The fourth-order valence-electron chi connectivity index (χ4n) is 2.34. The number of alkyl halides is 1. The number of rotatable bonds is 4. The summed E-state index contributed by atoms with van der Waals surface area (Å²) in [5, 5.41) is 4.54. The number of methoxy groups -OCH3 is 2. The molecule has 0 aliphatic carbocycles. The molecule has 17 heavy (non-hydrogen) atoms. The number of hydrogen-bond donors (Lipinski definition) is 1. The molecule has 0 radical (unpaired) electrons. The minimum Gasteiger partial charge on any atom is -0.493 e. The van der Waals surface area contributed by atoms with Gasteiger partial charge in [-0.05, 0) is 42.6 Å². The second-order valence-corrected chi connectivity index (χ2v) is 4.93. The molecule has 0 bridgehead atoms. The van der Waals surface area contributed by atoms with Crippen molar-refractivity contribution in [2.75, 3.05) is 26.1 Å². The van der Waals surface area contributed by atoms with E-state index in [0.29, 0.717) is 6.04 Å². The molecule has 2 rings (SSSR count). The van der Waals surface area contributed by atoms with Gasteiger partial charge in [-0.15, -0.1) is 0 Å². The van der Waals surface area contributed by atoms with E-state index in [-0.39, 0.29) is 0 Å². The standard InChI is InChI=1S/C13H18BrNO2/c1-16-12-7-9-4-6-15-11(3-5-14)10(9)8-13(12)17-2/h7-8,11,15H,3-6H2,1-2H3. The molecular formula is C13H18BrNO2. The summed E-state index contributed by atoms with van der Waals surface area (Å²) in [5.41, 5.74) is 2.71. The van der Waals surface area contributed by atoms with Gasteiger partial charge in [-0.1, -0.05) is 15.9 Å². The molecule has 1 aromatic carbocycles. The van der Waals surface area contributed by atoms with Crippen LogP contribution in [-0.2, 0) is 6.42 Å². The normalized spacial score (nSPS) is 18.6. The Morgan fingerprint density at radius 3 is 2.65 bits per heavy atom. The Kier molecular flexibility index (Phi) is 4.29. The first-order chi connectivity index (χ1) is 8.30. The number of hydrogen-bond acceptors (Lipinski definition) is 3. The number of nitrogens with one attached hydrogen (secondary N) is 1. The fourth-order valence-corrected chi connectivity index (χ4v) is 2.79. The van der Waals surface area contributed by atoms with E-state index in [0.717, 1.165) is 36.2 Å². The molecule has 1 aliphatic heterocycles. The van der Waals surface area contributed by atoms with Crippen LogP contribution in [0.4, 0.5) is 0 Å². The van der Waals surface area contributed by atoms with Crippen LogP contribution < -0.4 is 14.8 Å². The van der Waals surface area contributed by atoms with Gasteiger partial charge < -0.3 is 14.8 Å². The van der Waals surface area contributed by atoms with Gasteiger partial charge in [-0.25, -0.2) is 0 Å². The summed E-state index contributed by atoms with van der Waals surface area (Å²) in [6, 6.07) is 4.63. The molecule has 1 unspecified atom stereocenters. The van der Waals surface area contributed by atoms with Gasteiger partial charge in [-0.2, -0.15) is 0 Å². The molecule has 0 spiro atoms. The van der Waals surface area contributed by atoms with Crippen LogP contribution >= 0.6 is 15.9 Å². The zero-order valence-corrected chi connectivity index (χ0v) is 11.8. The van der Waals surface area contributed by atoms with E-state index in [1.165, 1.54) is 11.1 Å². The SMILES string of the molecule is COc1cc2c(cc1OC)C(CCBr)NCC2. The molecule has 4 heteroatoms. The van der Waals surface area contributed by atoms with Crippen LogP contribution in [0.1, 0.15) is 23.6 Å². The lowest BCUT2D eigenvalue weighted by molar-refractivity contribution is 0.352. The number of benzene rings is 1. The van der Waals surface area contributed by atoms with Crippen LogP contribution in [0.3, 0.4) is 0 Å². The van der Waals surface area contributed by atoms with Crippen LogP contribution in [-0.4, -0.2) is 26.1 Å². The van der Waals surface area contributed by atoms with Gasteiger partial charge in [0.2, 0.25) is 0 Å². The van der Waals surface area contributed by atoms with E-state index < -0.39 is 0 Å². The van der Waals surface area contributed by atoms with Crippen molar-refractivity contribution < 1.29 is 9.47 Å². The Balaban J connectivity index is 2.39. The van der Waals surface area contributed by atoms with E-state index in [1.54, 1.807) is 14.2 Å². The summed E-state index contributed by atoms with van der Waals surface area (Å²) in [5.74, 6) is 1.64. The lowest BCUT2D eigenvalue weighted by Crippen LogP contribution is -2.30. The third kappa shape index (κ3) is 2.58. The van der Waals surface area contributed by atoms with Crippen molar-refractivity contribution >= 4 is 15.9 Å². The van der Waals surface area contributed by atoms with Gasteiger partial charge in [0.25, 0.3) is 0 Å². The van der Waals surface area contributed by atoms with Crippen molar-refractivity contribution in [2.24, 2.45) is 0 Å². The van der Waals surface area contributed by atoms with Crippen molar-refractivity contribution in [1.29, 1.82) is 0 Å². The molecule has 94 valence electrons. The van der Waals surface area contributed by atoms with Gasteiger partial charge in [-0.3, -0.25) is 0 Å². The van der Waals surface area contributed by atoms with Crippen LogP contribution in [0.15, 0.2) is 12.1 Å². The van der Waals surface area contributed by atoms with Crippen molar-refractivity contribution in [3.63, 3.8) is 0 Å². The minimum atomic E-state index is 0.415. The quantitative estimate of drug-likeness (QED) is 0.867. The second-order valence-electron chi connectivity index (χ2n) is 4.14. The summed E-state index contributed by atoms with van der Waals surface area (Å²) in [6.07, 6.45) is 2.14. The van der Waals surface area contributed by atoms with Gasteiger partial charge in [0.05, 0.1) is 14.2 Å². The number of fused-ring (bicyclic) bond motifs is 1. The molecule has 0 saturated heterocycles. The van der Waals surface area contributed by atoms with E-state index in [2.05, 4.69) is 33.4 Å². The summed E-state index contributed by atoms with van der Waals surface area (Å²) in [7, 11) is 3.36. The average molecular weight is 300 g/mol. The van der Waals surface area contributed by atoms with Gasteiger partial charge >= 0.3 is 0 Å². The minimum absolute atomic E-state index is 0.415. The van der Waals surface area contributed by atoms with Crippen molar-refractivity contribution in [2.45, 2.75) is 18.9 Å². The van der Waals surface area contributed by atoms with Crippen molar-refractivity contribution in [1.82, 2.24) is 5.32 Å². The lowest BCUT2D eigenvalue weighted by Gasteiger charge is -2.27. The van der Waals surface area contributed by atoms with Crippen molar-refractivity contribution in [3.05, 3.63) is 23.3 Å². The average Bonchev–Trinajstić information content (AvgIpc) is 2.38. The Morgan fingerprint density at radius 2 is 2.00 bits per heavy atom. The molecule has 1 N–H and O–H groups in total. The second kappa shape index (κ2) is 5.74. The molecule has 1 aliphatic rings. The number of halogens is 1. The van der Waals surface area contributed by atoms with Crippen LogP contribution in [0.25, 0.3) is 0 Å². The molecule has 1 heterocycles. The molecule has 1 aromatic rings. The fraction of sp³-hybridized carbons (Fsp3) is 0.538. The molecule has 0 aromatic heterocycles. The molecule has 0 fully saturated rings. The Hall–Kier alpha value is -0.740. The van der Waals surface area contributed by atoms with Crippen LogP contribution in [0.5, 0.6) is 11.5 Å². The molecule has 3 nitrogen and oxygen atoms in total. The maximum Gasteiger partial charge on any atom is 0.161 e.